The highest BCUT2D eigenvalue weighted by Crippen LogP contribution is 1.92. The predicted molar refractivity (Wildman–Crippen MR) is 57.0 cm³/mol. The van der Waals surface area contributed by atoms with Crippen LogP contribution in [0.3, 0.4) is 0 Å². The molecule has 1 N–H and O–H groups in total. The molecule has 0 aromatic rings. The Morgan fingerprint density at radius 3 is 2.75 bits per heavy atom. The molecule has 12 heavy (non-hydrogen) atoms. The molecule has 0 aliphatic carbocycles. The van der Waals surface area contributed by atoms with Gasteiger partial charge in [0.2, 0.25) is 0 Å². The standard InChI is InChI=1S/C9H21NOS/c1-3-7-11-8-6-10-5-4-9-12-2/h10H,3-9H2,1-2H3. The van der Waals surface area contributed by atoms with Gasteiger partial charge in [-0.3, -0.25) is 0 Å². The van der Waals surface area contributed by atoms with E-state index >= 15 is 0 Å². The molecule has 2 nitrogen and oxygen atoms in total. The fraction of sp³-hybridized carbons (Fsp3) is 1.00. The number of thioether (sulfide) groups is 1. The van der Waals surface area contributed by atoms with Crippen LogP contribution in [0.15, 0.2) is 0 Å². The summed E-state index contributed by atoms with van der Waals surface area (Å²) in [5, 5.41) is 3.34. The molecule has 0 bridgehead atoms. The summed E-state index contributed by atoms with van der Waals surface area (Å²) >= 11 is 1.90. The van der Waals surface area contributed by atoms with Crippen molar-refractivity contribution < 1.29 is 4.74 Å². The van der Waals surface area contributed by atoms with Crippen molar-refractivity contribution in [3.05, 3.63) is 0 Å². The minimum atomic E-state index is 0.854. The lowest BCUT2D eigenvalue weighted by atomic mass is 10.5. The number of hydrogen-bond acceptors (Lipinski definition) is 3. The molecule has 0 aromatic carbocycles. The maximum Gasteiger partial charge on any atom is 0.0590 e. The lowest BCUT2D eigenvalue weighted by Crippen LogP contribution is -2.21. The Morgan fingerprint density at radius 2 is 2.08 bits per heavy atom. The first kappa shape index (κ1) is 12.3. The zero-order valence-corrected chi connectivity index (χ0v) is 9.08. The van der Waals surface area contributed by atoms with Crippen LogP contribution in [0, 0.1) is 0 Å². The zero-order chi connectivity index (χ0) is 9.07. The molecule has 3 heteroatoms. The van der Waals surface area contributed by atoms with Gasteiger partial charge in [-0.25, -0.2) is 0 Å². The fourth-order valence-electron chi connectivity index (χ4n) is 0.857. The van der Waals surface area contributed by atoms with E-state index in [1.165, 1.54) is 12.2 Å². The van der Waals surface area contributed by atoms with Gasteiger partial charge in [-0.1, -0.05) is 6.92 Å². The van der Waals surface area contributed by atoms with Crippen molar-refractivity contribution in [1.82, 2.24) is 5.32 Å². The number of rotatable bonds is 9. The molecule has 0 saturated carbocycles. The molecule has 0 amide bonds. The molecule has 0 fully saturated rings. The Hall–Kier alpha value is 0.270. The topological polar surface area (TPSA) is 21.3 Å². The van der Waals surface area contributed by atoms with Gasteiger partial charge in [-0.2, -0.15) is 11.8 Å². The van der Waals surface area contributed by atoms with E-state index in [0.717, 1.165) is 32.7 Å². The van der Waals surface area contributed by atoms with Crippen LogP contribution < -0.4 is 5.32 Å². The summed E-state index contributed by atoms with van der Waals surface area (Å²) in [7, 11) is 0. The first-order chi connectivity index (χ1) is 5.91. The first-order valence-electron chi connectivity index (χ1n) is 4.69. The van der Waals surface area contributed by atoms with Gasteiger partial charge < -0.3 is 10.1 Å². The van der Waals surface area contributed by atoms with E-state index in [1.54, 1.807) is 0 Å². The molecule has 0 aliphatic rings. The second-order valence-electron chi connectivity index (χ2n) is 2.71. The van der Waals surface area contributed by atoms with Crippen LogP contribution in [0.5, 0.6) is 0 Å². The van der Waals surface area contributed by atoms with Gasteiger partial charge in [0.05, 0.1) is 6.61 Å². The summed E-state index contributed by atoms with van der Waals surface area (Å²) in [6.07, 6.45) is 4.52. The molecule has 0 unspecified atom stereocenters. The van der Waals surface area contributed by atoms with Crippen molar-refractivity contribution in [2.45, 2.75) is 19.8 Å². The van der Waals surface area contributed by atoms with Crippen LogP contribution in [0.25, 0.3) is 0 Å². The van der Waals surface area contributed by atoms with E-state index in [-0.39, 0.29) is 0 Å². The highest BCUT2D eigenvalue weighted by atomic mass is 32.2. The van der Waals surface area contributed by atoms with Crippen LogP contribution in [-0.4, -0.2) is 38.3 Å². The monoisotopic (exact) mass is 191 g/mol. The summed E-state index contributed by atoms with van der Waals surface area (Å²) in [6.45, 7) is 6.00. The molecule has 0 saturated heterocycles. The molecule has 0 aliphatic heterocycles. The van der Waals surface area contributed by atoms with Crippen LogP contribution in [0.4, 0.5) is 0 Å². The van der Waals surface area contributed by atoms with Crippen LogP contribution in [-0.2, 0) is 4.74 Å². The second kappa shape index (κ2) is 11.3. The Morgan fingerprint density at radius 1 is 1.25 bits per heavy atom. The average Bonchev–Trinajstić information content (AvgIpc) is 2.10. The van der Waals surface area contributed by atoms with Crippen molar-refractivity contribution in [3.8, 4) is 0 Å². The minimum absolute atomic E-state index is 0.854. The smallest absolute Gasteiger partial charge is 0.0590 e. The van der Waals surface area contributed by atoms with Crippen molar-refractivity contribution in [2.24, 2.45) is 0 Å². The van der Waals surface area contributed by atoms with Gasteiger partial charge in [0, 0.05) is 13.2 Å². The van der Waals surface area contributed by atoms with Crippen molar-refractivity contribution in [2.75, 3.05) is 38.3 Å². The van der Waals surface area contributed by atoms with E-state index in [2.05, 4.69) is 18.5 Å². The molecular weight excluding hydrogens is 170 g/mol. The highest BCUT2D eigenvalue weighted by Gasteiger charge is 1.87. The van der Waals surface area contributed by atoms with Gasteiger partial charge in [-0.15, -0.1) is 0 Å². The summed E-state index contributed by atoms with van der Waals surface area (Å²) in [4.78, 5) is 0. The zero-order valence-electron chi connectivity index (χ0n) is 8.27. The van der Waals surface area contributed by atoms with Gasteiger partial charge in [0.25, 0.3) is 0 Å². The molecule has 0 aromatic heterocycles. The first-order valence-corrected chi connectivity index (χ1v) is 6.08. The molecule has 74 valence electrons. The van der Waals surface area contributed by atoms with Gasteiger partial charge in [0.15, 0.2) is 0 Å². The van der Waals surface area contributed by atoms with E-state index in [4.69, 9.17) is 4.74 Å². The Bertz CT molecular complexity index is 70.9. The predicted octanol–water partition coefficient (Wildman–Crippen LogP) is 1.76. The van der Waals surface area contributed by atoms with E-state index in [9.17, 15) is 0 Å². The third-order valence-electron chi connectivity index (χ3n) is 1.47. The third kappa shape index (κ3) is 10.3. The molecule has 0 radical (unpaired) electrons. The van der Waals surface area contributed by atoms with E-state index < -0.39 is 0 Å². The molecule has 0 rings (SSSR count). The molecule has 0 atom stereocenters. The fourth-order valence-corrected chi connectivity index (χ4v) is 1.29. The second-order valence-corrected chi connectivity index (χ2v) is 3.69. The van der Waals surface area contributed by atoms with E-state index in [0.29, 0.717) is 0 Å². The van der Waals surface area contributed by atoms with Gasteiger partial charge in [0.1, 0.15) is 0 Å². The number of ether oxygens (including phenoxy) is 1. The van der Waals surface area contributed by atoms with Crippen LogP contribution in [0.1, 0.15) is 19.8 Å². The van der Waals surface area contributed by atoms with Crippen molar-refractivity contribution >= 4 is 11.8 Å². The SMILES string of the molecule is CCCOCCNCCCSC. The van der Waals surface area contributed by atoms with Gasteiger partial charge in [-0.05, 0) is 31.4 Å². The Balaban J connectivity index is 2.73. The quantitative estimate of drug-likeness (QED) is 0.561. The normalized spacial score (nSPS) is 10.5. The Kier molecular flexibility index (Phi) is 11.5. The highest BCUT2D eigenvalue weighted by molar-refractivity contribution is 7.98. The molecule has 0 heterocycles. The average molecular weight is 191 g/mol. The summed E-state index contributed by atoms with van der Waals surface area (Å²) in [5.74, 6) is 1.25. The van der Waals surface area contributed by atoms with Crippen LogP contribution in [0.2, 0.25) is 0 Å². The largest absolute Gasteiger partial charge is 0.380 e. The lowest BCUT2D eigenvalue weighted by Gasteiger charge is -2.04. The van der Waals surface area contributed by atoms with Crippen LogP contribution >= 0.6 is 11.8 Å². The number of nitrogens with one attached hydrogen (secondary N) is 1. The van der Waals surface area contributed by atoms with Crippen molar-refractivity contribution in [3.63, 3.8) is 0 Å². The molecule has 0 spiro atoms. The molecular formula is C9H21NOS. The summed E-state index contributed by atoms with van der Waals surface area (Å²) in [5.41, 5.74) is 0. The third-order valence-corrected chi connectivity index (χ3v) is 2.17. The van der Waals surface area contributed by atoms with E-state index in [1.807, 2.05) is 11.8 Å². The lowest BCUT2D eigenvalue weighted by molar-refractivity contribution is 0.136. The number of hydrogen-bond donors (Lipinski definition) is 1. The summed E-state index contributed by atoms with van der Waals surface area (Å²) < 4.78 is 5.32. The minimum Gasteiger partial charge on any atom is -0.380 e. The maximum atomic E-state index is 5.32. The van der Waals surface area contributed by atoms with Gasteiger partial charge >= 0.3 is 0 Å². The summed E-state index contributed by atoms with van der Waals surface area (Å²) in [6, 6.07) is 0. The Labute approximate surface area is 80.4 Å². The van der Waals surface area contributed by atoms with Crippen molar-refractivity contribution in [1.29, 1.82) is 0 Å². The maximum absolute atomic E-state index is 5.32.